The zero-order valence-corrected chi connectivity index (χ0v) is 11.5. The lowest BCUT2D eigenvalue weighted by molar-refractivity contribution is 0.0988. The highest BCUT2D eigenvalue weighted by Gasteiger charge is 2.02. The summed E-state index contributed by atoms with van der Waals surface area (Å²) in [4.78, 5) is 11.5. The predicted octanol–water partition coefficient (Wildman–Crippen LogP) is 4.07. The number of halogens is 1. The maximum absolute atomic E-state index is 13.0. The van der Waals surface area contributed by atoms with Crippen LogP contribution in [0.25, 0.3) is 0 Å². The van der Waals surface area contributed by atoms with Crippen molar-refractivity contribution in [1.29, 1.82) is 0 Å². The molecule has 0 aliphatic carbocycles. The number of ketones is 1. The Morgan fingerprint density at radius 1 is 1.15 bits per heavy atom. The molecule has 0 unspecified atom stereocenters. The number of carbonyl (C=O) groups excluding carboxylic acids is 1. The lowest BCUT2D eigenvalue weighted by Gasteiger charge is -2.07. The summed E-state index contributed by atoms with van der Waals surface area (Å²) in [6.45, 7) is 2.58. The van der Waals surface area contributed by atoms with Crippen molar-refractivity contribution in [2.24, 2.45) is 0 Å². The number of benzene rings is 2. The minimum absolute atomic E-state index is 0.149. The van der Waals surface area contributed by atoms with Crippen molar-refractivity contribution in [3.8, 4) is 0 Å². The average Bonchev–Trinajstić information content (AvgIpc) is 2.47. The molecule has 0 saturated carbocycles. The summed E-state index contributed by atoms with van der Waals surface area (Å²) >= 11 is 0. The maximum Gasteiger partial charge on any atom is 0.162 e. The average molecular weight is 271 g/mol. The van der Waals surface area contributed by atoms with E-state index in [0.717, 1.165) is 29.8 Å². The van der Waals surface area contributed by atoms with Crippen LogP contribution in [0.4, 0.5) is 10.1 Å². The molecule has 1 N–H and O–H groups in total. The first-order chi connectivity index (χ1) is 9.69. The number of anilines is 1. The van der Waals surface area contributed by atoms with Crippen LogP contribution in [0.1, 0.15) is 29.3 Å². The van der Waals surface area contributed by atoms with Gasteiger partial charge in [0.1, 0.15) is 5.82 Å². The smallest absolute Gasteiger partial charge is 0.162 e. The third kappa shape index (κ3) is 3.92. The minimum atomic E-state index is -0.204. The Morgan fingerprint density at radius 3 is 2.55 bits per heavy atom. The highest BCUT2D eigenvalue weighted by molar-refractivity contribution is 5.96. The highest BCUT2D eigenvalue weighted by atomic mass is 19.1. The second kappa shape index (κ2) is 6.85. The number of nitrogens with one attached hydrogen (secondary N) is 1. The molecule has 2 aromatic rings. The predicted molar refractivity (Wildman–Crippen MR) is 79.7 cm³/mol. The molecule has 0 heterocycles. The molecule has 2 aromatic carbocycles. The van der Waals surface area contributed by atoms with Crippen molar-refractivity contribution in [3.63, 3.8) is 0 Å². The van der Waals surface area contributed by atoms with Gasteiger partial charge >= 0.3 is 0 Å². The third-order valence-corrected chi connectivity index (χ3v) is 3.16. The lowest BCUT2D eigenvalue weighted by atomic mass is 10.1. The number of rotatable bonds is 6. The van der Waals surface area contributed by atoms with Crippen LogP contribution in [0, 0.1) is 5.82 Å². The van der Waals surface area contributed by atoms with Crippen LogP contribution in [-0.2, 0) is 6.42 Å². The van der Waals surface area contributed by atoms with Gasteiger partial charge in [-0.1, -0.05) is 19.1 Å². The van der Waals surface area contributed by atoms with E-state index in [9.17, 15) is 9.18 Å². The molecule has 20 heavy (non-hydrogen) atoms. The van der Waals surface area contributed by atoms with Crippen LogP contribution in [0.3, 0.4) is 0 Å². The quantitative estimate of drug-likeness (QED) is 0.802. The van der Waals surface area contributed by atoms with Gasteiger partial charge in [-0.05, 0) is 48.4 Å². The largest absolute Gasteiger partial charge is 0.385 e. The third-order valence-electron chi connectivity index (χ3n) is 3.16. The molecule has 0 aromatic heterocycles. The van der Waals surface area contributed by atoms with E-state index in [4.69, 9.17) is 0 Å². The normalized spacial score (nSPS) is 10.3. The molecule has 3 heteroatoms. The first kappa shape index (κ1) is 14.3. The summed E-state index contributed by atoms with van der Waals surface area (Å²) in [6, 6.07) is 14.1. The molecule has 0 aliphatic heterocycles. The molecule has 0 saturated heterocycles. The van der Waals surface area contributed by atoms with E-state index in [-0.39, 0.29) is 11.6 Å². The van der Waals surface area contributed by atoms with Crippen molar-refractivity contribution in [1.82, 2.24) is 0 Å². The first-order valence-corrected chi connectivity index (χ1v) is 6.80. The fourth-order valence-electron chi connectivity index (χ4n) is 2.02. The van der Waals surface area contributed by atoms with E-state index in [1.54, 1.807) is 12.1 Å². The maximum atomic E-state index is 13.0. The first-order valence-electron chi connectivity index (χ1n) is 6.80. The Balaban J connectivity index is 1.86. The van der Waals surface area contributed by atoms with E-state index in [0.29, 0.717) is 6.42 Å². The Bertz CT molecular complexity index is 578. The molecule has 0 bridgehead atoms. The van der Waals surface area contributed by atoms with E-state index < -0.39 is 0 Å². The Labute approximate surface area is 118 Å². The van der Waals surface area contributed by atoms with Gasteiger partial charge < -0.3 is 5.32 Å². The topological polar surface area (TPSA) is 29.1 Å². The van der Waals surface area contributed by atoms with Gasteiger partial charge in [0.25, 0.3) is 0 Å². The zero-order chi connectivity index (χ0) is 14.4. The molecular weight excluding hydrogens is 253 g/mol. The van der Waals surface area contributed by atoms with Gasteiger partial charge in [-0.25, -0.2) is 4.39 Å². The highest BCUT2D eigenvalue weighted by Crippen LogP contribution is 2.11. The van der Waals surface area contributed by atoms with E-state index >= 15 is 0 Å². The molecule has 0 fully saturated rings. The van der Waals surface area contributed by atoms with Crippen LogP contribution >= 0.6 is 0 Å². The van der Waals surface area contributed by atoms with Gasteiger partial charge in [-0.2, -0.15) is 0 Å². The van der Waals surface area contributed by atoms with Gasteiger partial charge in [-0.3, -0.25) is 4.79 Å². The van der Waals surface area contributed by atoms with Crippen LogP contribution in [-0.4, -0.2) is 12.3 Å². The van der Waals surface area contributed by atoms with Crippen LogP contribution in [0.2, 0.25) is 0 Å². The summed E-state index contributed by atoms with van der Waals surface area (Å²) < 4.78 is 13.0. The standard InChI is InChI=1S/C17H18FNO/c1-2-17(20)14-6-8-16(9-7-14)19-11-10-13-4-3-5-15(18)12-13/h3-9,12,19H,2,10-11H2,1H3. The monoisotopic (exact) mass is 271 g/mol. The van der Waals surface area contributed by atoms with Crippen molar-refractivity contribution in [2.75, 3.05) is 11.9 Å². The molecule has 0 amide bonds. The van der Waals surface area contributed by atoms with Gasteiger partial charge in [0.2, 0.25) is 0 Å². The van der Waals surface area contributed by atoms with Gasteiger partial charge in [0.05, 0.1) is 0 Å². The Kier molecular flexibility index (Phi) is 4.88. The summed E-state index contributed by atoms with van der Waals surface area (Å²) in [5, 5.41) is 3.26. The number of hydrogen-bond donors (Lipinski definition) is 1. The molecule has 2 rings (SSSR count). The Morgan fingerprint density at radius 2 is 1.90 bits per heavy atom. The van der Waals surface area contributed by atoms with E-state index in [1.807, 2.05) is 37.3 Å². The zero-order valence-electron chi connectivity index (χ0n) is 11.5. The van der Waals surface area contributed by atoms with Crippen molar-refractivity contribution < 1.29 is 9.18 Å². The molecule has 104 valence electrons. The lowest BCUT2D eigenvalue weighted by Crippen LogP contribution is -2.05. The second-order valence-electron chi connectivity index (χ2n) is 4.66. The summed E-state index contributed by atoms with van der Waals surface area (Å²) in [5.41, 5.74) is 2.67. The summed E-state index contributed by atoms with van der Waals surface area (Å²) in [5.74, 6) is -0.0544. The molecule has 0 aliphatic rings. The summed E-state index contributed by atoms with van der Waals surface area (Å²) in [6.07, 6.45) is 1.28. The van der Waals surface area contributed by atoms with Gasteiger partial charge in [0, 0.05) is 24.2 Å². The van der Waals surface area contributed by atoms with Crippen LogP contribution in [0.15, 0.2) is 48.5 Å². The number of carbonyl (C=O) groups is 1. The summed E-state index contributed by atoms with van der Waals surface area (Å²) in [7, 11) is 0. The van der Waals surface area contributed by atoms with Gasteiger partial charge in [-0.15, -0.1) is 0 Å². The SMILES string of the molecule is CCC(=O)c1ccc(NCCc2cccc(F)c2)cc1. The van der Waals surface area contributed by atoms with Crippen LogP contribution in [0.5, 0.6) is 0 Å². The fraction of sp³-hybridized carbons (Fsp3) is 0.235. The molecule has 2 nitrogen and oxygen atoms in total. The molecule has 0 radical (unpaired) electrons. The van der Waals surface area contributed by atoms with E-state index in [2.05, 4.69) is 5.32 Å². The molecular formula is C17H18FNO. The number of Topliss-reactive ketones (excluding diaryl/α,β-unsaturated/α-hetero) is 1. The fourth-order valence-corrected chi connectivity index (χ4v) is 2.02. The molecule has 0 atom stereocenters. The van der Waals surface area contributed by atoms with Crippen molar-refractivity contribution in [3.05, 3.63) is 65.5 Å². The van der Waals surface area contributed by atoms with Crippen molar-refractivity contribution in [2.45, 2.75) is 19.8 Å². The van der Waals surface area contributed by atoms with Gasteiger partial charge in [0.15, 0.2) is 5.78 Å². The van der Waals surface area contributed by atoms with Crippen molar-refractivity contribution >= 4 is 11.5 Å². The number of hydrogen-bond acceptors (Lipinski definition) is 2. The second-order valence-corrected chi connectivity index (χ2v) is 4.66. The minimum Gasteiger partial charge on any atom is -0.385 e. The van der Waals surface area contributed by atoms with Crippen LogP contribution < -0.4 is 5.32 Å². The Hall–Kier alpha value is -2.16. The van der Waals surface area contributed by atoms with E-state index in [1.165, 1.54) is 6.07 Å². The molecule has 0 spiro atoms.